The topological polar surface area (TPSA) is 59.6 Å². The Bertz CT molecular complexity index is 701. The van der Waals surface area contributed by atoms with Crippen molar-refractivity contribution in [2.45, 2.75) is 45.6 Å². The van der Waals surface area contributed by atoms with Gasteiger partial charge in [0.1, 0.15) is 11.5 Å². The monoisotopic (exact) mass is 384 g/mol. The molecule has 0 aliphatic carbocycles. The molecule has 0 unspecified atom stereocenters. The smallest absolute Gasteiger partial charge is 0.239 e. The van der Waals surface area contributed by atoms with Crippen molar-refractivity contribution >= 4 is 11.6 Å². The molecule has 152 valence electrons. The number of nitrogens with one attached hydrogen (secondary N) is 2. The third-order valence-corrected chi connectivity index (χ3v) is 4.45. The Kier molecular flexibility index (Phi) is 9.76. The highest BCUT2D eigenvalue weighted by atomic mass is 16.5. The first kappa shape index (κ1) is 21.6. The molecule has 2 aromatic carbocycles. The van der Waals surface area contributed by atoms with Crippen molar-refractivity contribution in [1.82, 2.24) is 5.32 Å². The Labute approximate surface area is 168 Å². The van der Waals surface area contributed by atoms with Crippen molar-refractivity contribution in [3.8, 4) is 11.5 Å². The van der Waals surface area contributed by atoms with Crippen LogP contribution in [-0.4, -0.2) is 26.2 Å². The Hall–Kier alpha value is -2.69. The molecule has 0 heterocycles. The van der Waals surface area contributed by atoms with E-state index in [9.17, 15) is 4.79 Å². The zero-order valence-corrected chi connectivity index (χ0v) is 17.0. The average molecular weight is 385 g/mol. The molecule has 0 spiro atoms. The van der Waals surface area contributed by atoms with E-state index in [1.807, 2.05) is 48.5 Å². The molecule has 5 nitrogen and oxygen atoms in total. The zero-order chi connectivity index (χ0) is 20.0. The molecule has 1 amide bonds. The van der Waals surface area contributed by atoms with Gasteiger partial charge in [-0.25, -0.2) is 0 Å². The summed E-state index contributed by atoms with van der Waals surface area (Å²) in [7, 11) is 1.64. The molecule has 0 atom stereocenters. The van der Waals surface area contributed by atoms with Gasteiger partial charge in [-0.1, -0.05) is 50.8 Å². The van der Waals surface area contributed by atoms with Crippen molar-refractivity contribution in [1.29, 1.82) is 0 Å². The van der Waals surface area contributed by atoms with Gasteiger partial charge in [0.25, 0.3) is 0 Å². The molecule has 0 saturated carbocycles. The Morgan fingerprint density at radius 1 is 0.964 bits per heavy atom. The average Bonchev–Trinajstić information content (AvgIpc) is 2.74. The van der Waals surface area contributed by atoms with Crippen molar-refractivity contribution in [3.05, 3.63) is 54.1 Å². The summed E-state index contributed by atoms with van der Waals surface area (Å²) in [6.07, 6.45) is 6.10. The molecule has 28 heavy (non-hydrogen) atoms. The van der Waals surface area contributed by atoms with Crippen molar-refractivity contribution in [3.63, 3.8) is 0 Å². The number of benzene rings is 2. The van der Waals surface area contributed by atoms with Gasteiger partial charge in [0.2, 0.25) is 5.91 Å². The summed E-state index contributed by atoms with van der Waals surface area (Å²) < 4.78 is 10.9. The van der Waals surface area contributed by atoms with E-state index in [2.05, 4.69) is 17.6 Å². The molecule has 0 fully saturated rings. The first-order valence-electron chi connectivity index (χ1n) is 10.1. The molecular formula is C23H32N2O3. The van der Waals surface area contributed by atoms with E-state index in [4.69, 9.17) is 9.47 Å². The van der Waals surface area contributed by atoms with Crippen molar-refractivity contribution in [2.75, 3.05) is 25.6 Å². The van der Waals surface area contributed by atoms with Crippen LogP contribution in [0.3, 0.4) is 0 Å². The lowest BCUT2D eigenvalue weighted by Crippen LogP contribution is -2.29. The number of ether oxygens (including phenoxy) is 2. The first-order chi connectivity index (χ1) is 13.7. The van der Waals surface area contributed by atoms with Crippen LogP contribution < -0.4 is 20.1 Å². The fourth-order valence-corrected chi connectivity index (χ4v) is 2.78. The number of carbonyl (C=O) groups excluding carboxylic acids is 1. The van der Waals surface area contributed by atoms with E-state index in [1.54, 1.807) is 7.11 Å². The second kappa shape index (κ2) is 12.7. The lowest BCUT2D eigenvalue weighted by Gasteiger charge is -2.10. The van der Waals surface area contributed by atoms with Crippen LogP contribution in [-0.2, 0) is 11.3 Å². The van der Waals surface area contributed by atoms with Crippen LogP contribution in [0.2, 0.25) is 0 Å². The number of unbranched alkanes of at least 4 members (excludes halogenated alkanes) is 4. The maximum atomic E-state index is 12.1. The predicted molar refractivity (Wildman–Crippen MR) is 114 cm³/mol. The third kappa shape index (κ3) is 8.33. The third-order valence-electron chi connectivity index (χ3n) is 4.45. The molecular weight excluding hydrogens is 352 g/mol. The maximum Gasteiger partial charge on any atom is 0.239 e. The van der Waals surface area contributed by atoms with Gasteiger partial charge in [-0.3, -0.25) is 4.79 Å². The first-order valence-corrected chi connectivity index (χ1v) is 10.1. The number of amides is 1. The summed E-state index contributed by atoms with van der Waals surface area (Å²) in [5.74, 6) is 1.58. The minimum atomic E-state index is -0.0573. The van der Waals surface area contributed by atoms with Crippen LogP contribution in [0.25, 0.3) is 0 Å². The minimum absolute atomic E-state index is 0.0573. The molecule has 2 N–H and O–H groups in total. The van der Waals surface area contributed by atoms with Crippen molar-refractivity contribution in [2.24, 2.45) is 0 Å². The van der Waals surface area contributed by atoms with Gasteiger partial charge in [-0.05, 0) is 36.2 Å². The van der Waals surface area contributed by atoms with Gasteiger partial charge in [-0.2, -0.15) is 0 Å². The molecule has 2 aromatic rings. The zero-order valence-electron chi connectivity index (χ0n) is 17.0. The SMILES string of the molecule is CCCCCCCOc1cccc(NCC(=O)NCc2ccc(OC)cc2)c1. The fraction of sp³-hybridized carbons (Fsp3) is 0.435. The number of methoxy groups -OCH3 is 1. The molecule has 0 bridgehead atoms. The van der Waals surface area contributed by atoms with Crippen LogP contribution in [0, 0.1) is 0 Å². The van der Waals surface area contributed by atoms with Gasteiger partial charge < -0.3 is 20.1 Å². The number of hydrogen-bond acceptors (Lipinski definition) is 4. The van der Waals surface area contributed by atoms with E-state index in [0.29, 0.717) is 6.54 Å². The summed E-state index contributed by atoms with van der Waals surface area (Å²) in [5, 5.41) is 6.05. The predicted octanol–water partition coefficient (Wildman–Crippen LogP) is 4.77. The molecule has 0 aromatic heterocycles. The number of carbonyl (C=O) groups is 1. The fourth-order valence-electron chi connectivity index (χ4n) is 2.78. The van der Waals surface area contributed by atoms with Gasteiger partial charge in [0.15, 0.2) is 0 Å². The summed E-state index contributed by atoms with van der Waals surface area (Å²) in [6, 6.07) is 15.4. The second-order valence-corrected chi connectivity index (χ2v) is 6.77. The summed E-state index contributed by atoms with van der Waals surface area (Å²) >= 11 is 0. The largest absolute Gasteiger partial charge is 0.497 e. The number of rotatable bonds is 13. The molecule has 5 heteroatoms. The normalized spacial score (nSPS) is 10.4. The van der Waals surface area contributed by atoms with E-state index in [-0.39, 0.29) is 12.5 Å². The van der Waals surface area contributed by atoms with Gasteiger partial charge in [0.05, 0.1) is 20.3 Å². The van der Waals surface area contributed by atoms with Crippen LogP contribution in [0.15, 0.2) is 48.5 Å². The molecule has 0 radical (unpaired) electrons. The summed E-state index contributed by atoms with van der Waals surface area (Å²) in [6.45, 7) is 3.66. The lowest BCUT2D eigenvalue weighted by atomic mass is 10.2. The van der Waals surface area contributed by atoms with Gasteiger partial charge in [0, 0.05) is 18.3 Å². The van der Waals surface area contributed by atoms with E-state index in [0.717, 1.165) is 35.8 Å². The van der Waals surface area contributed by atoms with E-state index in [1.165, 1.54) is 25.7 Å². The lowest BCUT2D eigenvalue weighted by molar-refractivity contribution is -0.119. The van der Waals surface area contributed by atoms with E-state index < -0.39 is 0 Å². The quantitative estimate of drug-likeness (QED) is 0.488. The standard InChI is InChI=1S/C23H32N2O3/c1-3-4-5-6-7-15-28-22-10-8-9-20(16-22)24-18-23(26)25-17-19-11-13-21(27-2)14-12-19/h8-14,16,24H,3-7,15,17-18H2,1-2H3,(H,25,26). The number of hydrogen-bond donors (Lipinski definition) is 2. The highest BCUT2D eigenvalue weighted by Crippen LogP contribution is 2.18. The summed E-state index contributed by atoms with van der Waals surface area (Å²) in [5.41, 5.74) is 1.91. The van der Waals surface area contributed by atoms with Crippen LogP contribution in [0.4, 0.5) is 5.69 Å². The van der Waals surface area contributed by atoms with Crippen LogP contribution in [0.5, 0.6) is 11.5 Å². The highest BCUT2D eigenvalue weighted by molar-refractivity contribution is 5.80. The minimum Gasteiger partial charge on any atom is -0.497 e. The molecule has 0 aliphatic heterocycles. The Morgan fingerprint density at radius 3 is 2.50 bits per heavy atom. The molecule has 0 aliphatic rings. The number of anilines is 1. The Morgan fingerprint density at radius 2 is 1.75 bits per heavy atom. The molecule has 2 rings (SSSR count). The van der Waals surface area contributed by atoms with Gasteiger partial charge in [-0.15, -0.1) is 0 Å². The summed E-state index contributed by atoms with van der Waals surface area (Å²) in [4.78, 5) is 12.1. The maximum absolute atomic E-state index is 12.1. The van der Waals surface area contributed by atoms with Crippen LogP contribution in [0.1, 0.15) is 44.6 Å². The Balaban J connectivity index is 1.67. The van der Waals surface area contributed by atoms with Gasteiger partial charge >= 0.3 is 0 Å². The van der Waals surface area contributed by atoms with E-state index >= 15 is 0 Å². The second-order valence-electron chi connectivity index (χ2n) is 6.77. The van der Waals surface area contributed by atoms with Crippen LogP contribution >= 0.6 is 0 Å². The van der Waals surface area contributed by atoms with Crippen molar-refractivity contribution < 1.29 is 14.3 Å². The highest BCUT2D eigenvalue weighted by Gasteiger charge is 2.03. The molecule has 0 saturated heterocycles.